The molecule has 0 bridgehead atoms. The van der Waals surface area contributed by atoms with Crippen molar-refractivity contribution in [3.05, 3.63) is 36.4 Å². The van der Waals surface area contributed by atoms with E-state index in [1.165, 1.54) is 21.8 Å². The summed E-state index contributed by atoms with van der Waals surface area (Å²) in [7, 11) is 0. The van der Waals surface area contributed by atoms with Crippen LogP contribution in [-0.4, -0.2) is 93.3 Å². The summed E-state index contributed by atoms with van der Waals surface area (Å²) in [6.45, 7) is 13.6. The number of aromatic nitrogens is 1. The van der Waals surface area contributed by atoms with Crippen LogP contribution in [0, 0.1) is 0 Å². The highest BCUT2D eigenvalue weighted by Crippen LogP contribution is 2.34. The number of hydrogen-bond acceptors (Lipinski definition) is 6. The van der Waals surface area contributed by atoms with Crippen LogP contribution < -0.4 is 9.47 Å². The van der Waals surface area contributed by atoms with Crippen LogP contribution in [0.3, 0.4) is 0 Å². The summed E-state index contributed by atoms with van der Waals surface area (Å²) in [4.78, 5) is 4.79. The molecule has 33 heavy (non-hydrogen) atoms. The van der Waals surface area contributed by atoms with Crippen molar-refractivity contribution in [3.63, 3.8) is 0 Å². The summed E-state index contributed by atoms with van der Waals surface area (Å²) in [5.74, 6) is 1.84. The van der Waals surface area contributed by atoms with E-state index in [2.05, 4.69) is 57.7 Å². The average Bonchev–Trinajstić information content (AvgIpc) is 3.18. The van der Waals surface area contributed by atoms with Crippen LogP contribution in [0.5, 0.6) is 11.5 Å². The number of nitrogens with zero attached hydrogens (tertiary/aromatic N) is 3. The van der Waals surface area contributed by atoms with Crippen LogP contribution in [0.15, 0.2) is 36.4 Å². The molecule has 0 unspecified atom stereocenters. The zero-order valence-electron chi connectivity index (χ0n) is 19.6. The third-order valence-electron chi connectivity index (χ3n) is 6.68. The van der Waals surface area contributed by atoms with Gasteiger partial charge in [0.1, 0.15) is 24.7 Å². The minimum Gasteiger partial charge on any atom is -0.492 e. The van der Waals surface area contributed by atoms with Gasteiger partial charge in [-0.2, -0.15) is 0 Å². The van der Waals surface area contributed by atoms with E-state index in [1.54, 1.807) is 0 Å². The molecule has 7 heteroatoms. The van der Waals surface area contributed by atoms with Gasteiger partial charge in [-0.05, 0) is 43.3 Å². The number of ether oxygens (including phenoxy) is 4. The fourth-order valence-corrected chi connectivity index (χ4v) is 4.82. The highest BCUT2D eigenvalue weighted by atomic mass is 16.5. The van der Waals surface area contributed by atoms with E-state index >= 15 is 0 Å². The van der Waals surface area contributed by atoms with E-state index in [-0.39, 0.29) is 0 Å². The lowest BCUT2D eigenvalue weighted by atomic mass is 10.1. The molecule has 0 N–H and O–H groups in total. The lowest BCUT2D eigenvalue weighted by Crippen LogP contribution is -2.38. The molecule has 5 rings (SSSR count). The largest absolute Gasteiger partial charge is 0.492 e. The molecule has 2 fully saturated rings. The molecule has 178 valence electrons. The molecule has 2 saturated heterocycles. The molecule has 0 spiro atoms. The first-order chi connectivity index (χ1) is 16.3. The Bertz CT molecular complexity index is 973. The van der Waals surface area contributed by atoms with E-state index in [1.807, 2.05) is 0 Å². The summed E-state index contributed by atoms with van der Waals surface area (Å²) in [5, 5.41) is 2.43. The number of aryl methyl sites for hydroxylation is 1. The number of hydrogen-bond donors (Lipinski definition) is 0. The maximum Gasteiger partial charge on any atom is 0.120 e. The van der Waals surface area contributed by atoms with Gasteiger partial charge in [0.15, 0.2) is 0 Å². The van der Waals surface area contributed by atoms with Gasteiger partial charge in [0.05, 0.1) is 26.4 Å². The highest BCUT2D eigenvalue weighted by molar-refractivity contribution is 6.09. The van der Waals surface area contributed by atoms with Gasteiger partial charge in [0.2, 0.25) is 0 Å². The Hall–Kier alpha value is -2.32. The molecule has 7 nitrogen and oxygen atoms in total. The lowest BCUT2D eigenvalue weighted by molar-refractivity contribution is 0.0322. The quantitative estimate of drug-likeness (QED) is 0.496. The number of fused-ring (bicyclic) bond motifs is 3. The molecule has 0 aliphatic carbocycles. The Morgan fingerprint density at radius 3 is 1.58 bits per heavy atom. The third kappa shape index (κ3) is 5.27. The van der Waals surface area contributed by atoms with E-state index in [9.17, 15) is 0 Å². The number of morpholine rings is 2. The Morgan fingerprint density at radius 1 is 0.697 bits per heavy atom. The number of rotatable bonds is 9. The summed E-state index contributed by atoms with van der Waals surface area (Å²) in [5.41, 5.74) is 2.47. The molecule has 0 radical (unpaired) electrons. The summed E-state index contributed by atoms with van der Waals surface area (Å²) < 4.78 is 25.5. The first kappa shape index (κ1) is 22.5. The second-order valence-corrected chi connectivity index (χ2v) is 8.71. The molecule has 3 heterocycles. The van der Waals surface area contributed by atoms with Crippen molar-refractivity contribution in [2.45, 2.75) is 13.5 Å². The van der Waals surface area contributed by atoms with Crippen molar-refractivity contribution < 1.29 is 18.9 Å². The minimum absolute atomic E-state index is 0.688. The molecule has 2 aromatic carbocycles. The molecule has 3 aromatic rings. The minimum atomic E-state index is 0.688. The SMILES string of the molecule is CCn1c2ccc(OCCN3CCOCC3)cc2c2cc(OCCN3CCOCC3)ccc21. The van der Waals surface area contributed by atoms with Crippen molar-refractivity contribution in [1.29, 1.82) is 0 Å². The van der Waals surface area contributed by atoms with Crippen molar-refractivity contribution in [2.75, 3.05) is 78.9 Å². The van der Waals surface area contributed by atoms with E-state index < -0.39 is 0 Å². The Labute approximate surface area is 195 Å². The van der Waals surface area contributed by atoms with Gasteiger partial charge in [0.25, 0.3) is 0 Å². The van der Waals surface area contributed by atoms with Gasteiger partial charge >= 0.3 is 0 Å². The van der Waals surface area contributed by atoms with Crippen LogP contribution in [-0.2, 0) is 16.0 Å². The summed E-state index contributed by atoms with van der Waals surface area (Å²) in [6, 6.07) is 12.9. The summed E-state index contributed by atoms with van der Waals surface area (Å²) in [6.07, 6.45) is 0. The zero-order chi connectivity index (χ0) is 22.5. The van der Waals surface area contributed by atoms with Gasteiger partial charge in [-0.3, -0.25) is 9.80 Å². The van der Waals surface area contributed by atoms with Gasteiger partial charge in [-0.1, -0.05) is 0 Å². The molecular formula is C26H35N3O4. The molecule has 1 aromatic heterocycles. The molecule has 0 saturated carbocycles. The topological polar surface area (TPSA) is 48.3 Å². The maximum atomic E-state index is 6.13. The van der Waals surface area contributed by atoms with Crippen LogP contribution in [0.2, 0.25) is 0 Å². The smallest absolute Gasteiger partial charge is 0.120 e. The van der Waals surface area contributed by atoms with Gasteiger partial charge in [-0.15, -0.1) is 0 Å². The fourth-order valence-electron chi connectivity index (χ4n) is 4.82. The Morgan fingerprint density at radius 2 is 1.15 bits per heavy atom. The van der Waals surface area contributed by atoms with E-state index in [4.69, 9.17) is 18.9 Å². The van der Waals surface area contributed by atoms with Crippen molar-refractivity contribution >= 4 is 21.8 Å². The zero-order valence-corrected chi connectivity index (χ0v) is 19.6. The van der Waals surface area contributed by atoms with Crippen molar-refractivity contribution in [2.24, 2.45) is 0 Å². The highest BCUT2D eigenvalue weighted by Gasteiger charge is 2.14. The van der Waals surface area contributed by atoms with Gasteiger partial charge < -0.3 is 23.5 Å². The molecule has 2 aliphatic heterocycles. The fraction of sp³-hybridized carbons (Fsp3) is 0.538. The van der Waals surface area contributed by atoms with E-state index in [0.717, 1.165) is 83.7 Å². The lowest BCUT2D eigenvalue weighted by Gasteiger charge is -2.26. The van der Waals surface area contributed by atoms with Crippen LogP contribution >= 0.6 is 0 Å². The maximum absolute atomic E-state index is 6.13. The Kier molecular flexibility index (Phi) is 7.31. The molecule has 0 atom stereocenters. The van der Waals surface area contributed by atoms with Crippen LogP contribution in [0.4, 0.5) is 0 Å². The van der Waals surface area contributed by atoms with Crippen molar-refractivity contribution in [1.82, 2.24) is 14.4 Å². The molecular weight excluding hydrogens is 418 g/mol. The van der Waals surface area contributed by atoms with Gasteiger partial charge in [0, 0.05) is 67.6 Å². The monoisotopic (exact) mass is 453 g/mol. The second-order valence-electron chi connectivity index (χ2n) is 8.71. The van der Waals surface area contributed by atoms with Gasteiger partial charge in [-0.25, -0.2) is 0 Å². The average molecular weight is 454 g/mol. The first-order valence-electron chi connectivity index (χ1n) is 12.2. The third-order valence-corrected chi connectivity index (χ3v) is 6.68. The van der Waals surface area contributed by atoms with Crippen LogP contribution in [0.1, 0.15) is 6.92 Å². The Balaban J connectivity index is 1.30. The number of benzene rings is 2. The first-order valence-corrected chi connectivity index (χ1v) is 12.2. The van der Waals surface area contributed by atoms with Crippen molar-refractivity contribution in [3.8, 4) is 11.5 Å². The normalized spacial score (nSPS) is 18.2. The standard InChI is InChI=1S/C26H35N3O4/c1-2-29-25-5-3-21(32-17-11-27-7-13-30-14-8-27)19-23(25)24-20-22(4-6-26(24)29)33-18-12-28-9-15-31-16-10-28/h3-6,19-20H,2,7-18H2,1H3. The molecule has 2 aliphatic rings. The summed E-state index contributed by atoms with van der Waals surface area (Å²) >= 11 is 0. The predicted octanol–water partition coefficient (Wildman–Crippen LogP) is 3.24. The van der Waals surface area contributed by atoms with Crippen LogP contribution in [0.25, 0.3) is 21.8 Å². The predicted molar refractivity (Wildman–Crippen MR) is 131 cm³/mol. The van der Waals surface area contributed by atoms with E-state index in [0.29, 0.717) is 13.2 Å². The molecule has 0 amide bonds. The second kappa shape index (κ2) is 10.7.